The highest BCUT2D eigenvalue weighted by molar-refractivity contribution is 5.07. The molecule has 2 rings (SSSR count). The summed E-state index contributed by atoms with van der Waals surface area (Å²) in [6, 6.07) is 0. The van der Waals surface area contributed by atoms with Crippen LogP contribution in [-0.4, -0.2) is 28.2 Å². The van der Waals surface area contributed by atoms with Gasteiger partial charge in [-0.3, -0.25) is 0 Å². The van der Waals surface area contributed by atoms with E-state index in [1.54, 1.807) is 0 Å². The zero-order valence-corrected chi connectivity index (χ0v) is 7.76. The highest BCUT2D eigenvalue weighted by Gasteiger charge is 2.21. The Morgan fingerprint density at radius 1 is 1.54 bits per heavy atom. The molecule has 1 saturated heterocycles. The van der Waals surface area contributed by atoms with E-state index in [4.69, 9.17) is 0 Å². The number of nitrogens with zero attached hydrogens (tertiary/aromatic N) is 2. The molecule has 0 radical (unpaired) electrons. The van der Waals surface area contributed by atoms with Crippen molar-refractivity contribution in [3.8, 4) is 0 Å². The third-order valence-electron chi connectivity index (χ3n) is 2.60. The van der Waals surface area contributed by atoms with Crippen molar-refractivity contribution < 1.29 is 4.48 Å². The summed E-state index contributed by atoms with van der Waals surface area (Å²) >= 11 is 0. The Hall–Kier alpha value is -0.900. The van der Waals surface area contributed by atoms with Crippen LogP contribution in [0.2, 0.25) is 0 Å². The van der Waals surface area contributed by atoms with E-state index in [-0.39, 0.29) is 0 Å². The second kappa shape index (κ2) is 3.46. The van der Waals surface area contributed by atoms with E-state index in [1.165, 1.54) is 0 Å². The molecule has 0 saturated carbocycles. The predicted molar refractivity (Wildman–Crippen MR) is 48.0 cm³/mol. The first-order chi connectivity index (χ1) is 6.25. The Labute approximate surface area is 76.9 Å². The molecule has 0 bridgehead atoms. The van der Waals surface area contributed by atoms with Crippen LogP contribution in [0.5, 0.6) is 0 Å². The van der Waals surface area contributed by atoms with Crippen LogP contribution < -0.4 is 0 Å². The molecule has 3 nitrogen and oxygen atoms in total. The molecule has 0 amide bonds. The fourth-order valence-corrected chi connectivity index (χ4v) is 1.81. The quantitative estimate of drug-likeness (QED) is 0.673. The fourth-order valence-electron chi connectivity index (χ4n) is 1.81. The number of rotatable bonds is 1. The lowest BCUT2D eigenvalue weighted by Crippen LogP contribution is -2.26. The van der Waals surface area contributed by atoms with Crippen molar-refractivity contribution in [3.63, 3.8) is 0 Å². The van der Waals surface area contributed by atoms with Gasteiger partial charge in [0.2, 0.25) is 0 Å². The van der Waals surface area contributed by atoms with Gasteiger partial charge in [-0.1, -0.05) is 0 Å². The number of imidazole rings is 1. The van der Waals surface area contributed by atoms with E-state index >= 15 is 0 Å². The van der Waals surface area contributed by atoms with Crippen molar-refractivity contribution in [2.45, 2.75) is 25.7 Å². The average Bonchev–Trinajstić information content (AvgIpc) is 2.53. The molecule has 0 aromatic carbocycles. The van der Waals surface area contributed by atoms with Crippen molar-refractivity contribution in [2.24, 2.45) is 0 Å². The van der Waals surface area contributed by atoms with Crippen molar-refractivity contribution >= 4 is 0 Å². The second-order valence-electron chi connectivity index (χ2n) is 3.61. The van der Waals surface area contributed by atoms with Crippen LogP contribution in [0.15, 0.2) is 6.20 Å². The number of piperidine rings is 1. The van der Waals surface area contributed by atoms with Gasteiger partial charge >= 0.3 is 0 Å². The second-order valence-corrected chi connectivity index (χ2v) is 3.61. The highest BCUT2D eigenvalue weighted by Crippen LogP contribution is 2.26. The first kappa shape index (κ1) is 8.69. The van der Waals surface area contributed by atoms with E-state index in [0.717, 1.165) is 29.5 Å². The van der Waals surface area contributed by atoms with Crippen molar-refractivity contribution in [1.29, 1.82) is 0 Å². The van der Waals surface area contributed by atoms with Crippen LogP contribution >= 0.6 is 0 Å². The molecule has 1 aliphatic rings. The molecule has 1 aromatic heterocycles. The molecule has 1 N–H and O–H groups in total. The zero-order chi connectivity index (χ0) is 9.26. The monoisotopic (exact) mass is 183 g/mol. The Bertz CT molecular complexity index is 276. The van der Waals surface area contributed by atoms with E-state index in [2.05, 4.69) is 9.97 Å². The van der Waals surface area contributed by atoms with Gasteiger partial charge in [0.15, 0.2) is 0 Å². The maximum atomic E-state index is 12.7. The van der Waals surface area contributed by atoms with Gasteiger partial charge in [0.25, 0.3) is 0 Å². The third kappa shape index (κ3) is 1.88. The highest BCUT2D eigenvalue weighted by atomic mass is 19.2. The van der Waals surface area contributed by atoms with E-state index in [1.807, 2.05) is 13.1 Å². The Morgan fingerprint density at radius 3 is 2.77 bits per heavy atom. The van der Waals surface area contributed by atoms with Gasteiger partial charge in [-0.25, -0.2) is 4.98 Å². The van der Waals surface area contributed by atoms with Crippen LogP contribution in [0.25, 0.3) is 0 Å². The Kier molecular flexibility index (Phi) is 2.31. The molecular formula is C9H14FN3. The molecule has 2 heterocycles. The van der Waals surface area contributed by atoms with Gasteiger partial charge in [-0.2, -0.15) is 0 Å². The summed E-state index contributed by atoms with van der Waals surface area (Å²) in [4.78, 5) is 7.36. The van der Waals surface area contributed by atoms with Gasteiger partial charge in [-0.05, 0) is 19.8 Å². The minimum absolute atomic E-state index is 0.466. The van der Waals surface area contributed by atoms with Gasteiger partial charge < -0.3 is 4.98 Å². The lowest BCUT2D eigenvalue weighted by Gasteiger charge is -2.24. The summed E-state index contributed by atoms with van der Waals surface area (Å²) in [6.45, 7) is 3.03. The summed E-state index contributed by atoms with van der Waals surface area (Å²) in [5.74, 6) is 1.41. The summed E-state index contributed by atoms with van der Waals surface area (Å²) < 4.78 is 12.7. The molecule has 0 unspecified atom stereocenters. The number of halogens is 1. The van der Waals surface area contributed by atoms with Gasteiger partial charge in [0.05, 0.1) is 0 Å². The largest absolute Gasteiger partial charge is 0.346 e. The minimum atomic E-state index is 0.466. The first-order valence-electron chi connectivity index (χ1n) is 4.68. The molecule has 0 atom stereocenters. The maximum absolute atomic E-state index is 12.7. The number of nitrogens with one attached hydrogen (secondary N) is 1. The summed E-state index contributed by atoms with van der Waals surface area (Å²) in [7, 11) is 0. The SMILES string of the molecule is Cc1ncc(C2CCN(F)CC2)[nH]1. The smallest absolute Gasteiger partial charge is 0.103 e. The number of aryl methyl sites for hydroxylation is 1. The van der Waals surface area contributed by atoms with Crippen LogP contribution in [0, 0.1) is 6.92 Å². The number of H-pyrrole nitrogens is 1. The molecule has 0 spiro atoms. The fraction of sp³-hybridized carbons (Fsp3) is 0.667. The number of hydrogen-bond acceptors (Lipinski definition) is 2. The standard InChI is InChI=1S/C9H14FN3/c1-7-11-6-9(12-7)8-2-4-13(10)5-3-8/h6,8H,2-5H2,1H3,(H,11,12). The van der Waals surface area contributed by atoms with Gasteiger partial charge in [-0.15, -0.1) is 9.60 Å². The normalized spacial score (nSPS) is 20.8. The van der Waals surface area contributed by atoms with Crippen LogP contribution in [0.3, 0.4) is 0 Å². The van der Waals surface area contributed by atoms with Gasteiger partial charge in [0, 0.05) is 30.9 Å². The molecule has 1 fully saturated rings. The number of aromatic amines is 1. The summed E-state index contributed by atoms with van der Waals surface area (Å²) in [5, 5.41) is 0.889. The summed E-state index contributed by atoms with van der Waals surface area (Å²) in [5.41, 5.74) is 1.16. The van der Waals surface area contributed by atoms with E-state index in [0.29, 0.717) is 19.0 Å². The topological polar surface area (TPSA) is 31.9 Å². The van der Waals surface area contributed by atoms with E-state index < -0.39 is 0 Å². The van der Waals surface area contributed by atoms with E-state index in [9.17, 15) is 4.48 Å². The van der Waals surface area contributed by atoms with Crippen molar-refractivity contribution in [3.05, 3.63) is 17.7 Å². The molecule has 72 valence electrons. The number of aromatic nitrogens is 2. The molecular weight excluding hydrogens is 169 g/mol. The molecule has 1 aliphatic heterocycles. The van der Waals surface area contributed by atoms with Gasteiger partial charge in [0.1, 0.15) is 5.82 Å². The van der Waals surface area contributed by atoms with Crippen molar-refractivity contribution in [1.82, 2.24) is 15.1 Å². The third-order valence-corrected chi connectivity index (χ3v) is 2.60. The molecule has 1 aromatic rings. The molecule has 13 heavy (non-hydrogen) atoms. The van der Waals surface area contributed by atoms with Crippen molar-refractivity contribution in [2.75, 3.05) is 13.1 Å². The average molecular weight is 183 g/mol. The summed E-state index contributed by atoms with van der Waals surface area (Å²) in [6.07, 6.45) is 3.64. The lowest BCUT2D eigenvalue weighted by molar-refractivity contribution is 0.000403. The van der Waals surface area contributed by atoms with Crippen LogP contribution in [0.1, 0.15) is 30.3 Å². The predicted octanol–water partition coefficient (Wildman–Crippen LogP) is 1.78. The Balaban J connectivity index is 2.02. The zero-order valence-electron chi connectivity index (χ0n) is 7.76. The molecule has 4 heteroatoms. The molecule has 0 aliphatic carbocycles. The minimum Gasteiger partial charge on any atom is -0.346 e. The van der Waals surface area contributed by atoms with Crippen LogP contribution in [0.4, 0.5) is 4.48 Å². The number of hydrogen-bond donors (Lipinski definition) is 1. The lowest BCUT2D eigenvalue weighted by atomic mass is 9.95. The maximum Gasteiger partial charge on any atom is 0.103 e. The van der Waals surface area contributed by atoms with Crippen LogP contribution in [-0.2, 0) is 0 Å². The Morgan fingerprint density at radius 2 is 2.23 bits per heavy atom. The first-order valence-corrected chi connectivity index (χ1v) is 4.68.